The molecule has 2 aromatic rings. The Morgan fingerprint density at radius 1 is 1.11 bits per heavy atom. The van der Waals surface area contributed by atoms with Gasteiger partial charge >= 0.3 is 0 Å². The standard InChI is InChI=1S/C16H23N3/c1-4-17-10-9-15-5-7-16(8-6-15)11-19-12-18-13(2)14(19)3/h5-8,12,17H,4,9-11H2,1-3H3. The van der Waals surface area contributed by atoms with E-state index in [-0.39, 0.29) is 0 Å². The van der Waals surface area contributed by atoms with Gasteiger partial charge in [0.2, 0.25) is 0 Å². The van der Waals surface area contributed by atoms with Gasteiger partial charge in [-0.05, 0) is 44.5 Å². The van der Waals surface area contributed by atoms with Crippen molar-refractivity contribution in [1.82, 2.24) is 14.9 Å². The molecule has 0 aliphatic carbocycles. The molecule has 19 heavy (non-hydrogen) atoms. The van der Waals surface area contributed by atoms with Crippen molar-refractivity contribution in [3.63, 3.8) is 0 Å². The summed E-state index contributed by atoms with van der Waals surface area (Å²) in [6.45, 7) is 9.30. The summed E-state index contributed by atoms with van der Waals surface area (Å²) in [6.07, 6.45) is 3.01. The van der Waals surface area contributed by atoms with Crippen molar-refractivity contribution < 1.29 is 0 Å². The summed E-state index contributed by atoms with van der Waals surface area (Å²) in [6, 6.07) is 8.89. The molecule has 0 saturated carbocycles. The molecule has 0 saturated heterocycles. The zero-order valence-electron chi connectivity index (χ0n) is 12.1. The third-order valence-electron chi connectivity index (χ3n) is 3.56. The number of hydrogen-bond donors (Lipinski definition) is 1. The molecule has 1 aromatic carbocycles. The van der Waals surface area contributed by atoms with Crippen molar-refractivity contribution >= 4 is 0 Å². The molecule has 0 radical (unpaired) electrons. The number of nitrogens with one attached hydrogen (secondary N) is 1. The van der Waals surface area contributed by atoms with Crippen LogP contribution in [0.5, 0.6) is 0 Å². The van der Waals surface area contributed by atoms with Gasteiger partial charge in [0.25, 0.3) is 0 Å². The molecule has 1 N–H and O–H groups in total. The summed E-state index contributed by atoms with van der Waals surface area (Å²) in [5, 5.41) is 3.35. The van der Waals surface area contributed by atoms with Crippen LogP contribution >= 0.6 is 0 Å². The lowest BCUT2D eigenvalue weighted by Gasteiger charge is -2.07. The smallest absolute Gasteiger partial charge is 0.0954 e. The number of benzene rings is 1. The van der Waals surface area contributed by atoms with E-state index in [1.165, 1.54) is 16.8 Å². The van der Waals surface area contributed by atoms with E-state index in [0.717, 1.165) is 31.7 Å². The average Bonchev–Trinajstić information content (AvgIpc) is 2.73. The van der Waals surface area contributed by atoms with Crippen LogP contribution in [-0.2, 0) is 13.0 Å². The summed E-state index contributed by atoms with van der Waals surface area (Å²) in [7, 11) is 0. The van der Waals surface area contributed by atoms with Crippen LogP contribution in [0.3, 0.4) is 0 Å². The Morgan fingerprint density at radius 3 is 2.37 bits per heavy atom. The average molecular weight is 257 g/mol. The van der Waals surface area contributed by atoms with E-state index >= 15 is 0 Å². The van der Waals surface area contributed by atoms with Gasteiger partial charge in [-0.1, -0.05) is 31.2 Å². The molecule has 0 spiro atoms. The molecule has 3 heteroatoms. The van der Waals surface area contributed by atoms with E-state index in [1.807, 2.05) is 6.33 Å². The largest absolute Gasteiger partial charge is 0.330 e. The Hall–Kier alpha value is -1.61. The number of rotatable bonds is 6. The predicted octanol–water partition coefficient (Wildman–Crippen LogP) is 2.70. The fourth-order valence-corrected chi connectivity index (χ4v) is 2.12. The number of aryl methyl sites for hydroxylation is 1. The maximum atomic E-state index is 4.33. The van der Waals surface area contributed by atoms with Crippen molar-refractivity contribution in [2.45, 2.75) is 33.7 Å². The summed E-state index contributed by atoms with van der Waals surface area (Å²) in [4.78, 5) is 4.33. The molecule has 0 amide bonds. The van der Waals surface area contributed by atoms with Crippen molar-refractivity contribution in [2.24, 2.45) is 0 Å². The maximum Gasteiger partial charge on any atom is 0.0954 e. The number of hydrogen-bond acceptors (Lipinski definition) is 2. The third-order valence-corrected chi connectivity index (χ3v) is 3.56. The first-order valence-corrected chi connectivity index (χ1v) is 6.97. The van der Waals surface area contributed by atoms with E-state index in [0.29, 0.717) is 0 Å². The number of nitrogens with zero attached hydrogens (tertiary/aromatic N) is 2. The van der Waals surface area contributed by atoms with Crippen LogP contribution in [0.2, 0.25) is 0 Å². The highest BCUT2D eigenvalue weighted by Gasteiger charge is 2.02. The highest BCUT2D eigenvalue weighted by Crippen LogP contribution is 2.10. The minimum Gasteiger partial charge on any atom is -0.330 e. The van der Waals surface area contributed by atoms with Gasteiger partial charge < -0.3 is 9.88 Å². The molecular formula is C16H23N3. The predicted molar refractivity (Wildman–Crippen MR) is 79.5 cm³/mol. The quantitative estimate of drug-likeness (QED) is 0.806. The first kappa shape index (κ1) is 13.8. The summed E-state index contributed by atoms with van der Waals surface area (Å²) in [5.41, 5.74) is 5.08. The van der Waals surface area contributed by atoms with Gasteiger partial charge in [-0.2, -0.15) is 0 Å². The zero-order valence-corrected chi connectivity index (χ0v) is 12.1. The molecule has 0 aliphatic heterocycles. The van der Waals surface area contributed by atoms with Gasteiger partial charge in [-0.15, -0.1) is 0 Å². The van der Waals surface area contributed by atoms with Crippen molar-refractivity contribution in [3.05, 3.63) is 53.1 Å². The van der Waals surface area contributed by atoms with Crippen molar-refractivity contribution in [1.29, 1.82) is 0 Å². The maximum absolute atomic E-state index is 4.33. The molecule has 0 fully saturated rings. The Bertz CT molecular complexity index is 511. The van der Waals surface area contributed by atoms with Gasteiger partial charge in [-0.25, -0.2) is 4.98 Å². The monoisotopic (exact) mass is 257 g/mol. The third kappa shape index (κ3) is 3.67. The molecule has 1 heterocycles. The van der Waals surface area contributed by atoms with Crippen LogP contribution in [0.15, 0.2) is 30.6 Å². The van der Waals surface area contributed by atoms with Crippen molar-refractivity contribution in [2.75, 3.05) is 13.1 Å². The second-order valence-electron chi connectivity index (χ2n) is 4.96. The normalized spacial score (nSPS) is 10.9. The molecule has 0 aliphatic rings. The van der Waals surface area contributed by atoms with Crippen LogP contribution in [0.25, 0.3) is 0 Å². The van der Waals surface area contributed by atoms with E-state index < -0.39 is 0 Å². The first-order chi connectivity index (χ1) is 9.20. The van der Waals surface area contributed by atoms with Gasteiger partial charge in [0, 0.05) is 12.2 Å². The van der Waals surface area contributed by atoms with Crippen LogP contribution in [-0.4, -0.2) is 22.6 Å². The highest BCUT2D eigenvalue weighted by atomic mass is 15.0. The first-order valence-electron chi connectivity index (χ1n) is 6.97. The Labute approximate surface area is 115 Å². The van der Waals surface area contributed by atoms with Crippen LogP contribution in [0, 0.1) is 13.8 Å². The van der Waals surface area contributed by atoms with Gasteiger partial charge in [-0.3, -0.25) is 0 Å². The molecule has 2 rings (SSSR count). The van der Waals surface area contributed by atoms with E-state index in [1.54, 1.807) is 0 Å². The van der Waals surface area contributed by atoms with Crippen LogP contribution < -0.4 is 5.32 Å². The minimum absolute atomic E-state index is 0.903. The number of likely N-dealkylation sites (N-methyl/N-ethyl adjacent to an activating group) is 1. The van der Waals surface area contributed by atoms with Gasteiger partial charge in [0.1, 0.15) is 0 Å². The lowest BCUT2D eigenvalue weighted by molar-refractivity contribution is 0.716. The zero-order chi connectivity index (χ0) is 13.7. The number of aromatic nitrogens is 2. The second kappa shape index (κ2) is 6.53. The topological polar surface area (TPSA) is 29.9 Å². The van der Waals surface area contributed by atoms with Crippen molar-refractivity contribution in [3.8, 4) is 0 Å². The molecule has 102 valence electrons. The van der Waals surface area contributed by atoms with Crippen LogP contribution in [0.4, 0.5) is 0 Å². The Morgan fingerprint density at radius 2 is 1.79 bits per heavy atom. The SMILES string of the molecule is CCNCCc1ccc(Cn2cnc(C)c2C)cc1. The molecular weight excluding hydrogens is 234 g/mol. The minimum atomic E-state index is 0.903. The molecule has 3 nitrogen and oxygen atoms in total. The Kier molecular flexibility index (Phi) is 4.74. The van der Waals surface area contributed by atoms with E-state index in [4.69, 9.17) is 0 Å². The fraction of sp³-hybridized carbons (Fsp3) is 0.438. The molecule has 0 unspecified atom stereocenters. The van der Waals surface area contributed by atoms with Gasteiger partial charge in [0.05, 0.1) is 12.0 Å². The van der Waals surface area contributed by atoms with E-state index in [2.05, 4.69) is 59.9 Å². The second-order valence-corrected chi connectivity index (χ2v) is 4.96. The Balaban J connectivity index is 1.97. The summed E-state index contributed by atoms with van der Waals surface area (Å²) in [5.74, 6) is 0. The molecule has 0 atom stereocenters. The lowest BCUT2D eigenvalue weighted by Crippen LogP contribution is -2.16. The summed E-state index contributed by atoms with van der Waals surface area (Å²) >= 11 is 0. The van der Waals surface area contributed by atoms with Gasteiger partial charge in [0.15, 0.2) is 0 Å². The number of imidazole rings is 1. The van der Waals surface area contributed by atoms with E-state index in [9.17, 15) is 0 Å². The summed E-state index contributed by atoms with van der Waals surface area (Å²) < 4.78 is 2.20. The highest BCUT2D eigenvalue weighted by molar-refractivity contribution is 5.24. The lowest BCUT2D eigenvalue weighted by atomic mass is 10.1. The molecule has 1 aromatic heterocycles. The fourth-order valence-electron chi connectivity index (χ4n) is 2.12. The van der Waals surface area contributed by atoms with Crippen LogP contribution in [0.1, 0.15) is 29.4 Å². The molecule has 0 bridgehead atoms.